The fourth-order valence-corrected chi connectivity index (χ4v) is 3.00. The highest BCUT2D eigenvalue weighted by atomic mass is 35.5. The summed E-state index contributed by atoms with van der Waals surface area (Å²) in [5.41, 5.74) is -0.714. The number of urea groups is 1. The van der Waals surface area contributed by atoms with E-state index in [9.17, 15) is 9.59 Å². The van der Waals surface area contributed by atoms with Crippen molar-refractivity contribution in [3.63, 3.8) is 0 Å². The van der Waals surface area contributed by atoms with Crippen LogP contribution in [0.15, 0.2) is 30.9 Å². The number of rotatable bonds is 6. The van der Waals surface area contributed by atoms with Crippen molar-refractivity contribution in [3.05, 3.63) is 40.9 Å². The third-order valence-corrected chi connectivity index (χ3v) is 4.89. The monoisotopic (exact) mass is 399 g/mol. The van der Waals surface area contributed by atoms with Crippen molar-refractivity contribution in [2.75, 3.05) is 18.5 Å². The van der Waals surface area contributed by atoms with Crippen molar-refractivity contribution in [1.29, 1.82) is 0 Å². The molecule has 1 aromatic rings. The van der Waals surface area contributed by atoms with Gasteiger partial charge in [-0.1, -0.05) is 29.3 Å². The number of nitrogens with zero attached hydrogens (tertiary/aromatic N) is 2. The van der Waals surface area contributed by atoms with E-state index in [1.807, 2.05) is 6.92 Å². The summed E-state index contributed by atoms with van der Waals surface area (Å²) in [5.74, 6) is -0.367. The first-order valence-corrected chi connectivity index (χ1v) is 9.05. The number of amides is 3. The van der Waals surface area contributed by atoms with Crippen molar-refractivity contribution in [3.8, 4) is 0 Å². The second kappa shape index (κ2) is 8.29. The molecule has 3 amide bonds. The maximum atomic E-state index is 12.9. The number of hydrogen-bond acceptors (Lipinski definition) is 3. The SMILES string of the molecule is C=CCON1C(=O)N(C(C)(C)C(=O)Nc2cc(Cl)ccc2Cl)CCC1C. The summed E-state index contributed by atoms with van der Waals surface area (Å²) in [6, 6.07) is 4.36. The Morgan fingerprint density at radius 3 is 2.81 bits per heavy atom. The van der Waals surface area contributed by atoms with Crippen molar-refractivity contribution >= 4 is 40.8 Å². The molecule has 6 nitrogen and oxygen atoms in total. The van der Waals surface area contributed by atoms with Crippen LogP contribution in [0.5, 0.6) is 0 Å². The van der Waals surface area contributed by atoms with Gasteiger partial charge in [-0.3, -0.25) is 9.63 Å². The molecule has 1 unspecified atom stereocenters. The van der Waals surface area contributed by atoms with Crippen LogP contribution in [0.3, 0.4) is 0 Å². The third-order valence-electron chi connectivity index (χ3n) is 4.33. The van der Waals surface area contributed by atoms with Crippen molar-refractivity contribution in [2.45, 2.75) is 38.8 Å². The zero-order chi connectivity index (χ0) is 19.5. The Balaban J connectivity index is 2.19. The average Bonchev–Trinajstić information content (AvgIpc) is 2.57. The molecule has 0 aliphatic carbocycles. The van der Waals surface area contributed by atoms with Gasteiger partial charge in [-0.15, -0.1) is 6.58 Å². The van der Waals surface area contributed by atoms with Crippen LogP contribution in [0.25, 0.3) is 0 Å². The van der Waals surface area contributed by atoms with Crippen LogP contribution in [0.1, 0.15) is 27.2 Å². The fraction of sp³-hybridized carbons (Fsp3) is 0.444. The predicted molar refractivity (Wildman–Crippen MR) is 103 cm³/mol. The molecule has 1 fully saturated rings. The molecule has 0 saturated carbocycles. The molecule has 1 saturated heterocycles. The Labute approximate surface area is 163 Å². The first-order valence-electron chi connectivity index (χ1n) is 8.29. The topological polar surface area (TPSA) is 61.9 Å². The van der Waals surface area contributed by atoms with Gasteiger partial charge >= 0.3 is 6.03 Å². The van der Waals surface area contributed by atoms with Crippen molar-refractivity contribution in [1.82, 2.24) is 9.96 Å². The molecule has 0 radical (unpaired) electrons. The lowest BCUT2D eigenvalue weighted by Crippen LogP contribution is -2.63. The first-order chi connectivity index (χ1) is 12.2. The highest BCUT2D eigenvalue weighted by molar-refractivity contribution is 6.35. The second-order valence-electron chi connectivity index (χ2n) is 6.62. The summed E-state index contributed by atoms with van der Waals surface area (Å²) in [4.78, 5) is 32.7. The van der Waals surface area contributed by atoms with Crippen LogP contribution in [0.2, 0.25) is 10.0 Å². The highest BCUT2D eigenvalue weighted by Crippen LogP contribution is 2.29. The second-order valence-corrected chi connectivity index (χ2v) is 7.46. The molecule has 1 aliphatic rings. The van der Waals surface area contributed by atoms with Gasteiger partial charge in [0.2, 0.25) is 5.91 Å². The van der Waals surface area contributed by atoms with Gasteiger partial charge in [0.15, 0.2) is 0 Å². The van der Waals surface area contributed by atoms with E-state index in [1.165, 1.54) is 9.96 Å². The minimum atomic E-state index is -1.11. The number of hydrogen-bond donors (Lipinski definition) is 1. The summed E-state index contributed by atoms with van der Waals surface area (Å²) in [6.45, 7) is 9.51. The molecule has 26 heavy (non-hydrogen) atoms. The summed E-state index contributed by atoms with van der Waals surface area (Å²) in [7, 11) is 0. The largest absolute Gasteiger partial charge is 0.345 e. The average molecular weight is 400 g/mol. The van der Waals surface area contributed by atoms with Crippen LogP contribution in [-0.4, -0.2) is 46.6 Å². The van der Waals surface area contributed by atoms with Gasteiger partial charge in [0.1, 0.15) is 5.54 Å². The maximum absolute atomic E-state index is 12.9. The summed E-state index contributed by atoms with van der Waals surface area (Å²) in [5, 5.41) is 4.87. The standard InChI is InChI=1S/C18H23Cl2N3O3/c1-5-10-26-23-12(2)8-9-22(17(23)25)18(3,4)16(24)21-15-11-13(19)6-7-14(15)20/h5-7,11-12H,1,8-10H2,2-4H3,(H,21,24). The summed E-state index contributed by atoms with van der Waals surface area (Å²) < 4.78 is 0. The minimum absolute atomic E-state index is 0.0834. The summed E-state index contributed by atoms with van der Waals surface area (Å²) >= 11 is 12.1. The lowest BCUT2D eigenvalue weighted by atomic mass is 9.99. The zero-order valence-electron chi connectivity index (χ0n) is 15.1. The van der Waals surface area contributed by atoms with Gasteiger partial charge in [-0.05, 0) is 45.4 Å². The smallest absolute Gasteiger partial charge is 0.323 e. The molecular formula is C18H23Cl2N3O3. The van der Waals surface area contributed by atoms with Crippen LogP contribution < -0.4 is 5.32 Å². The number of carbonyl (C=O) groups excluding carboxylic acids is 2. The van der Waals surface area contributed by atoms with Crippen LogP contribution >= 0.6 is 23.2 Å². The van der Waals surface area contributed by atoms with E-state index in [2.05, 4.69) is 11.9 Å². The quantitative estimate of drug-likeness (QED) is 0.723. The number of carbonyl (C=O) groups is 2. The van der Waals surface area contributed by atoms with Gasteiger partial charge in [-0.2, -0.15) is 5.06 Å². The van der Waals surface area contributed by atoms with E-state index in [-0.39, 0.29) is 24.6 Å². The van der Waals surface area contributed by atoms with Crippen LogP contribution in [0, 0.1) is 0 Å². The van der Waals surface area contributed by atoms with Crippen molar-refractivity contribution in [2.24, 2.45) is 0 Å². The molecule has 1 N–H and O–H groups in total. The van der Waals surface area contributed by atoms with E-state index in [1.54, 1.807) is 38.1 Å². The third kappa shape index (κ3) is 4.31. The fourth-order valence-electron chi connectivity index (χ4n) is 2.66. The Bertz CT molecular complexity index is 709. The molecule has 142 valence electrons. The Hall–Kier alpha value is -1.76. The molecule has 0 aromatic heterocycles. The number of benzene rings is 1. The first kappa shape index (κ1) is 20.6. The molecule has 0 bridgehead atoms. The van der Waals surface area contributed by atoms with E-state index in [0.717, 1.165) is 0 Å². The van der Waals surface area contributed by atoms with Gasteiger partial charge in [-0.25, -0.2) is 4.79 Å². The van der Waals surface area contributed by atoms with Gasteiger partial charge in [0, 0.05) is 11.6 Å². The number of hydroxylamine groups is 2. The van der Waals surface area contributed by atoms with E-state index >= 15 is 0 Å². The molecule has 1 aromatic carbocycles. The summed E-state index contributed by atoms with van der Waals surface area (Å²) in [6.07, 6.45) is 2.25. The molecular weight excluding hydrogens is 377 g/mol. The maximum Gasteiger partial charge on any atom is 0.345 e. The highest BCUT2D eigenvalue weighted by Gasteiger charge is 2.44. The molecule has 1 atom stereocenters. The van der Waals surface area contributed by atoms with Crippen molar-refractivity contribution < 1.29 is 14.4 Å². The normalized spacial score (nSPS) is 18.0. The molecule has 1 aliphatic heterocycles. The van der Waals surface area contributed by atoms with E-state index in [4.69, 9.17) is 28.0 Å². The minimum Gasteiger partial charge on any atom is -0.323 e. The van der Waals surface area contributed by atoms with E-state index in [0.29, 0.717) is 28.7 Å². The zero-order valence-corrected chi connectivity index (χ0v) is 16.6. The van der Waals surface area contributed by atoms with Gasteiger partial charge < -0.3 is 10.2 Å². The number of nitrogens with one attached hydrogen (secondary N) is 1. The lowest BCUT2D eigenvalue weighted by Gasteiger charge is -2.45. The van der Waals surface area contributed by atoms with Crippen LogP contribution in [-0.2, 0) is 9.63 Å². The van der Waals surface area contributed by atoms with Gasteiger partial charge in [0.05, 0.1) is 23.4 Å². The Morgan fingerprint density at radius 2 is 2.15 bits per heavy atom. The number of anilines is 1. The molecule has 2 rings (SSSR count). The van der Waals surface area contributed by atoms with E-state index < -0.39 is 5.54 Å². The molecule has 8 heteroatoms. The molecule has 1 heterocycles. The van der Waals surface area contributed by atoms with Crippen LogP contribution in [0.4, 0.5) is 10.5 Å². The lowest BCUT2D eigenvalue weighted by molar-refractivity contribution is -0.160. The number of halogens is 2. The molecule has 0 spiro atoms. The Morgan fingerprint density at radius 1 is 1.46 bits per heavy atom. The Kier molecular flexibility index (Phi) is 6.55. The predicted octanol–water partition coefficient (Wildman–Crippen LogP) is 4.34. The van der Waals surface area contributed by atoms with Gasteiger partial charge in [0.25, 0.3) is 0 Å².